The Balaban J connectivity index is 5.52. The van der Waals surface area contributed by atoms with Gasteiger partial charge in [0.15, 0.2) is 0 Å². The highest BCUT2D eigenvalue weighted by atomic mass is 16.6. The predicted molar refractivity (Wildman–Crippen MR) is 97.5 cm³/mol. The van der Waals surface area contributed by atoms with Gasteiger partial charge in [-0.3, -0.25) is 9.69 Å². The first-order valence-corrected chi connectivity index (χ1v) is 8.76. The number of nitrogens with zero attached hydrogens (tertiary/aromatic N) is 2. The molecule has 2 amide bonds. The number of amides is 2. The van der Waals surface area contributed by atoms with E-state index in [1.54, 1.807) is 20.8 Å². The fraction of sp³-hybridized carbons (Fsp3) is 0.833. The Morgan fingerprint density at radius 1 is 1.04 bits per heavy atom. The number of methoxy groups -OCH3 is 1. The number of ether oxygens (including phenoxy) is 2. The molecule has 0 saturated heterocycles. The van der Waals surface area contributed by atoms with Gasteiger partial charge in [0, 0.05) is 27.1 Å². The van der Waals surface area contributed by atoms with E-state index >= 15 is 0 Å². The van der Waals surface area contributed by atoms with Crippen LogP contribution >= 0.6 is 0 Å². The van der Waals surface area contributed by atoms with Gasteiger partial charge in [-0.2, -0.15) is 0 Å². The van der Waals surface area contributed by atoms with Gasteiger partial charge in [0.05, 0.1) is 7.11 Å². The van der Waals surface area contributed by atoms with Crippen LogP contribution in [0.3, 0.4) is 0 Å². The SMILES string of the molecule is COC(=O)C(CCO)N(C)C(=O)C(CC(C)C)N(C)C(=O)OC(C)(C)C. The van der Waals surface area contributed by atoms with Crippen molar-refractivity contribution in [2.75, 3.05) is 27.8 Å². The van der Waals surface area contributed by atoms with Crippen molar-refractivity contribution in [3.63, 3.8) is 0 Å². The molecule has 0 spiro atoms. The van der Waals surface area contributed by atoms with E-state index in [1.165, 1.54) is 31.0 Å². The minimum Gasteiger partial charge on any atom is -0.467 e. The summed E-state index contributed by atoms with van der Waals surface area (Å²) in [7, 11) is 4.20. The Kier molecular flexibility index (Phi) is 9.62. The summed E-state index contributed by atoms with van der Waals surface area (Å²) in [5.74, 6) is -0.884. The molecule has 0 saturated carbocycles. The molecule has 26 heavy (non-hydrogen) atoms. The normalized spacial score (nSPS) is 13.8. The third-order valence-electron chi connectivity index (χ3n) is 3.82. The zero-order chi connectivity index (χ0) is 20.7. The molecule has 2 atom stereocenters. The van der Waals surface area contributed by atoms with Gasteiger partial charge in [0.25, 0.3) is 0 Å². The lowest BCUT2D eigenvalue weighted by Crippen LogP contribution is -2.54. The zero-order valence-electron chi connectivity index (χ0n) is 17.2. The number of hydrogen-bond acceptors (Lipinski definition) is 6. The van der Waals surface area contributed by atoms with Gasteiger partial charge in [0.1, 0.15) is 17.7 Å². The number of carbonyl (C=O) groups is 3. The van der Waals surface area contributed by atoms with Gasteiger partial charge >= 0.3 is 12.1 Å². The van der Waals surface area contributed by atoms with E-state index in [0.717, 1.165) is 0 Å². The second-order valence-electron chi connectivity index (χ2n) is 7.74. The first kappa shape index (κ1) is 24.2. The van der Waals surface area contributed by atoms with Crippen molar-refractivity contribution in [1.82, 2.24) is 9.80 Å². The van der Waals surface area contributed by atoms with Crippen LogP contribution in [-0.4, -0.2) is 78.4 Å². The van der Waals surface area contributed by atoms with Gasteiger partial charge in [-0.1, -0.05) is 13.8 Å². The van der Waals surface area contributed by atoms with Crippen LogP contribution in [-0.2, 0) is 19.1 Å². The van der Waals surface area contributed by atoms with Crippen molar-refractivity contribution >= 4 is 18.0 Å². The molecule has 0 heterocycles. The molecule has 0 aliphatic rings. The van der Waals surface area contributed by atoms with E-state index in [-0.39, 0.29) is 18.9 Å². The van der Waals surface area contributed by atoms with Gasteiger partial charge in [-0.05, 0) is 33.1 Å². The maximum atomic E-state index is 13.0. The predicted octanol–water partition coefficient (Wildman–Crippen LogP) is 1.65. The molecular weight excluding hydrogens is 340 g/mol. The maximum absolute atomic E-state index is 13.0. The van der Waals surface area contributed by atoms with E-state index in [0.29, 0.717) is 6.42 Å². The molecule has 0 aromatic rings. The number of carbonyl (C=O) groups excluding carboxylic acids is 3. The van der Waals surface area contributed by atoms with E-state index in [1.807, 2.05) is 13.8 Å². The molecule has 8 nitrogen and oxygen atoms in total. The standard InChI is InChI=1S/C18H34N2O6/c1-12(2)11-14(20(7)17(24)26-18(3,4)5)15(22)19(6)13(9-10-21)16(23)25-8/h12-14,21H,9-11H2,1-8H3. The van der Waals surface area contributed by atoms with Gasteiger partial charge in [0.2, 0.25) is 5.91 Å². The van der Waals surface area contributed by atoms with Crippen molar-refractivity contribution in [2.24, 2.45) is 5.92 Å². The fourth-order valence-corrected chi connectivity index (χ4v) is 2.45. The maximum Gasteiger partial charge on any atom is 0.410 e. The molecule has 152 valence electrons. The average molecular weight is 374 g/mol. The van der Waals surface area contributed by atoms with Crippen LogP contribution in [0.1, 0.15) is 47.5 Å². The second kappa shape index (κ2) is 10.4. The Hall–Kier alpha value is -1.83. The Labute approximate surface area is 156 Å². The third kappa shape index (κ3) is 7.59. The average Bonchev–Trinajstić information content (AvgIpc) is 2.53. The second-order valence-corrected chi connectivity index (χ2v) is 7.74. The molecule has 0 radical (unpaired) electrons. The lowest BCUT2D eigenvalue weighted by molar-refractivity contribution is -0.154. The van der Waals surface area contributed by atoms with Crippen LogP contribution in [0.15, 0.2) is 0 Å². The van der Waals surface area contributed by atoms with E-state index in [4.69, 9.17) is 9.47 Å². The lowest BCUT2D eigenvalue weighted by Gasteiger charge is -2.35. The van der Waals surface area contributed by atoms with Crippen LogP contribution in [0, 0.1) is 5.92 Å². The molecule has 0 aliphatic heterocycles. The summed E-state index contributed by atoms with van der Waals surface area (Å²) in [6.07, 6.45) is -0.146. The van der Waals surface area contributed by atoms with Gasteiger partial charge in [-0.15, -0.1) is 0 Å². The summed E-state index contributed by atoms with van der Waals surface area (Å²) in [6.45, 7) is 8.85. The molecule has 0 bridgehead atoms. The van der Waals surface area contributed by atoms with Crippen molar-refractivity contribution in [1.29, 1.82) is 0 Å². The molecule has 0 fully saturated rings. The summed E-state index contributed by atoms with van der Waals surface area (Å²) in [5, 5.41) is 9.19. The number of hydrogen-bond donors (Lipinski definition) is 1. The smallest absolute Gasteiger partial charge is 0.410 e. The largest absolute Gasteiger partial charge is 0.467 e. The third-order valence-corrected chi connectivity index (χ3v) is 3.82. The van der Waals surface area contributed by atoms with Gasteiger partial charge < -0.3 is 19.5 Å². The highest BCUT2D eigenvalue weighted by Gasteiger charge is 2.36. The van der Waals surface area contributed by atoms with Crippen molar-refractivity contribution in [3.8, 4) is 0 Å². The Morgan fingerprint density at radius 3 is 1.96 bits per heavy atom. The lowest BCUT2D eigenvalue weighted by atomic mass is 10.0. The van der Waals surface area contributed by atoms with Crippen LogP contribution in [0.2, 0.25) is 0 Å². The quantitative estimate of drug-likeness (QED) is 0.649. The first-order chi connectivity index (χ1) is 11.9. The minimum absolute atomic E-state index is 0.0550. The summed E-state index contributed by atoms with van der Waals surface area (Å²) < 4.78 is 10.1. The summed E-state index contributed by atoms with van der Waals surface area (Å²) in [6, 6.07) is -1.71. The van der Waals surface area contributed by atoms with Crippen LogP contribution in [0.4, 0.5) is 4.79 Å². The molecular formula is C18H34N2O6. The van der Waals surface area contributed by atoms with Crippen molar-refractivity contribution in [2.45, 2.75) is 65.1 Å². The minimum atomic E-state index is -0.917. The van der Waals surface area contributed by atoms with E-state index in [9.17, 15) is 19.5 Å². The number of rotatable bonds is 8. The highest BCUT2D eigenvalue weighted by Crippen LogP contribution is 2.18. The first-order valence-electron chi connectivity index (χ1n) is 8.76. The molecule has 0 rings (SSSR count). The van der Waals surface area contributed by atoms with E-state index in [2.05, 4.69) is 0 Å². The monoisotopic (exact) mass is 374 g/mol. The summed E-state index contributed by atoms with van der Waals surface area (Å²) in [4.78, 5) is 39.9. The number of aliphatic hydroxyl groups excluding tert-OH is 1. The molecule has 8 heteroatoms. The fourth-order valence-electron chi connectivity index (χ4n) is 2.45. The van der Waals surface area contributed by atoms with Crippen molar-refractivity contribution in [3.05, 3.63) is 0 Å². The Bertz CT molecular complexity index is 487. The van der Waals surface area contributed by atoms with Crippen LogP contribution in [0.5, 0.6) is 0 Å². The zero-order valence-corrected chi connectivity index (χ0v) is 17.2. The number of likely N-dealkylation sites (N-methyl/N-ethyl adjacent to an activating group) is 2. The number of esters is 1. The Morgan fingerprint density at radius 2 is 1.58 bits per heavy atom. The summed E-state index contributed by atoms with van der Waals surface area (Å²) in [5.41, 5.74) is -0.686. The molecule has 0 aliphatic carbocycles. The number of aliphatic hydroxyl groups is 1. The molecule has 0 aromatic carbocycles. The van der Waals surface area contributed by atoms with Crippen LogP contribution in [0.25, 0.3) is 0 Å². The topological polar surface area (TPSA) is 96.4 Å². The van der Waals surface area contributed by atoms with E-state index < -0.39 is 35.7 Å². The van der Waals surface area contributed by atoms with Crippen molar-refractivity contribution < 1.29 is 29.0 Å². The molecule has 1 N–H and O–H groups in total. The van der Waals surface area contributed by atoms with Gasteiger partial charge in [-0.25, -0.2) is 9.59 Å². The molecule has 2 unspecified atom stereocenters. The molecule has 0 aromatic heterocycles. The van der Waals surface area contributed by atoms with Crippen LogP contribution < -0.4 is 0 Å². The highest BCUT2D eigenvalue weighted by molar-refractivity contribution is 5.89. The summed E-state index contributed by atoms with van der Waals surface area (Å²) >= 11 is 0.